The lowest BCUT2D eigenvalue weighted by Crippen LogP contribution is -2.30. The molecule has 17 heteroatoms. The van der Waals surface area contributed by atoms with Gasteiger partial charge in [0.2, 0.25) is 17.7 Å². The number of hydrogen-bond acceptors (Lipinski definition) is 7. The Hall–Kier alpha value is -7.33. The van der Waals surface area contributed by atoms with Gasteiger partial charge in [0.15, 0.2) is 0 Å². The quantitative estimate of drug-likeness (QED) is 0.0748. The Balaban J connectivity index is 1.00. The number of fused-ring (bicyclic) bond motifs is 3. The first-order valence-electron chi connectivity index (χ1n) is 19.2. The lowest BCUT2D eigenvalue weighted by atomic mass is 9.95. The van der Waals surface area contributed by atoms with Crippen LogP contribution in [0.25, 0.3) is 10.8 Å². The van der Waals surface area contributed by atoms with Gasteiger partial charge in [0.25, 0.3) is 11.8 Å². The summed E-state index contributed by atoms with van der Waals surface area (Å²) in [6.45, 7) is 2.03. The maximum absolute atomic E-state index is 13.9. The zero-order chi connectivity index (χ0) is 43.5. The zero-order valence-corrected chi connectivity index (χ0v) is 34.5. The Morgan fingerprint density at radius 3 is 1.87 bits per heavy atom. The van der Waals surface area contributed by atoms with Crippen molar-refractivity contribution in [3.05, 3.63) is 120 Å². The van der Waals surface area contributed by atoms with E-state index in [1.165, 1.54) is 45.0 Å². The topological polar surface area (TPSA) is 198 Å². The molecule has 3 aromatic carbocycles. The number of hydrogen-bond donors (Lipinski definition) is 5. The van der Waals surface area contributed by atoms with Crippen LogP contribution in [0.3, 0.4) is 0 Å². The molecule has 1 unspecified atom stereocenters. The van der Waals surface area contributed by atoms with E-state index in [2.05, 4.69) is 21.3 Å². The summed E-state index contributed by atoms with van der Waals surface area (Å²) < 4.78 is 10.8. The second kappa shape index (κ2) is 17.5. The minimum Gasteiger partial charge on any atom is -0.488 e. The third kappa shape index (κ3) is 9.13. The van der Waals surface area contributed by atoms with E-state index in [-0.39, 0.29) is 60.1 Å². The van der Waals surface area contributed by atoms with Gasteiger partial charge in [0.05, 0.1) is 22.7 Å². The van der Waals surface area contributed by atoms with Crippen LogP contribution in [0, 0.1) is 0 Å². The predicted molar refractivity (Wildman–Crippen MR) is 232 cm³/mol. The highest BCUT2D eigenvalue weighted by Gasteiger charge is 2.35. The maximum atomic E-state index is 13.9. The summed E-state index contributed by atoms with van der Waals surface area (Å²) in [4.78, 5) is 78.3. The van der Waals surface area contributed by atoms with Crippen molar-refractivity contribution in [3.63, 3.8) is 0 Å². The lowest BCUT2D eigenvalue weighted by molar-refractivity contribution is -0.122. The minimum atomic E-state index is -1.13. The summed E-state index contributed by atoms with van der Waals surface area (Å²) in [5, 5.41) is 21.9. The Kier molecular flexibility index (Phi) is 12.0. The Morgan fingerprint density at radius 1 is 0.705 bits per heavy atom. The number of aromatic nitrogens is 3. The van der Waals surface area contributed by atoms with Gasteiger partial charge in [-0.05, 0) is 46.8 Å². The number of carboxylic acids is 1. The molecule has 4 heterocycles. The van der Waals surface area contributed by atoms with Crippen LogP contribution in [0.15, 0.2) is 91.4 Å². The van der Waals surface area contributed by atoms with E-state index in [0.717, 1.165) is 21.9 Å². The van der Waals surface area contributed by atoms with Crippen LogP contribution in [0.1, 0.15) is 68.3 Å². The van der Waals surface area contributed by atoms with Crippen molar-refractivity contribution in [1.82, 2.24) is 13.7 Å². The van der Waals surface area contributed by atoms with Crippen molar-refractivity contribution in [2.24, 2.45) is 21.1 Å². The minimum absolute atomic E-state index is 0.00549. The average molecular weight is 847 g/mol. The Bertz CT molecular complexity index is 2720. The number of carbonyl (C=O) groups is 6. The Morgan fingerprint density at radius 2 is 1.30 bits per heavy atom. The molecule has 3 aromatic heterocycles. The molecule has 1 aliphatic rings. The second-order valence-electron chi connectivity index (χ2n) is 14.8. The van der Waals surface area contributed by atoms with Gasteiger partial charge < -0.3 is 49.7 Å². The number of aromatic carboxylic acids is 1. The molecule has 0 saturated heterocycles. The fraction of sp³-hybridized carbons (Fsp3) is 0.227. The van der Waals surface area contributed by atoms with Crippen LogP contribution >= 0.6 is 11.6 Å². The molecule has 0 saturated carbocycles. The molecule has 0 fully saturated rings. The molecule has 314 valence electrons. The smallest absolute Gasteiger partial charge is 0.352 e. The van der Waals surface area contributed by atoms with Gasteiger partial charge in [-0.3, -0.25) is 24.0 Å². The number of carboxylic acid groups (broad SMARTS) is 1. The molecule has 6 aromatic rings. The fourth-order valence-electron chi connectivity index (χ4n) is 7.49. The maximum Gasteiger partial charge on any atom is 0.352 e. The molecule has 0 spiro atoms. The molecule has 0 radical (unpaired) electrons. The van der Waals surface area contributed by atoms with Gasteiger partial charge >= 0.3 is 5.97 Å². The van der Waals surface area contributed by atoms with Gasteiger partial charge in [0.1, 0.15) is 29.4 Å². The summed E-state index contributed by atoms with van der Waals surface area (Å²) in [5.41, 5.74) is 4.51. The average Bonchev–Trinajstić information content (AvgIpc) is 3.99. The van der Waals surface area contributed by atoms with Crippen LogP contribution in [0.4, 0.5) is 28.4 Å². The molecule has 61 heavy (non-hydrogen) atoms. The summed E-state index contributed by atoms with van der Waals surface area (Å²) in [6, 6.07) is 21.4. The largest absolute Gasteiger partial charge is 0.488 e. The number of aryl methyl sites for hydroxylation is 3. The van der Waals surface area contributed by atoms with Gasteiger partial charge in [0, 0.05) is 95.0 Å². The third-order valence-corrected chi connectivity index (χ3v) is 10.7. The highest BCUT2D eigenvalue weighted by atomic mass is 35.5. The van der Waals surface area contributed by atoms with E-state index >= 15 is 0 Å². The van der Waals surface area contributed by atoms with E-state index in [1.807, 2.05) is 48.5 Å². The van der Waals surface area contributed by atoms with Crippen molar-refractivity contribution in [1.29, 1.82) is 0 Å². The highest BCUT2D eigenvalue weighted by molar-refractivity contribution is 6.19. The molecule has 5 amide bonds. The number of benzene rings is 3. The van der Waals surface area contributed by atoms with Gasteiger partial charge in [-0.15, -0.1) is 11.6 Å². The van der Waals surface area contributed by atoms with E-state index in [0.29, 0.717) is 40.7 Å². The monoisotopic (exact) mass is 846 g/mol. The summed E-state index contributed by atoms with van der Waals surface area (Å²) in [6.07, 6.45) is 4.38. The van der Waals surface area contributed by atoms with Gasteiger partial charge in [-0.1, -0.05) is 36.4 Å². The molecule has 0 aliphatic carbocycles. The first kappa shape index (κ1) is 41.8. The second-order valence-corrected chi connectivity index (χ2v) is 15.1. The van der Waals surface area contributed by atoms with Crippen LogP contribution in [0.5, 0.6) is 5.75 Å². The molecule has 1 atom stereocenters. The van der Waals surface area contributed by atoms with E-state index in [4.69, 9.17) is 16.3 Å². The number of anilines is 5. The van der Waals surface area contributed by atoms with Gasteiger partial charge in [-0.2, -0.15) is 0 Å². The summed E-state index contributed by atoms with van der Waals surface area (Å²) in [5.74, 6) is -2.47. The summed E-state index contributed by atoms with van der Waals surface area (Å²) >= 11 is 6.49. The Labute approximate surface area is 355 Å². The van der Waals surface area contributed by atoms with Crippen molar-refractivity contribution >= 4 is 86.3 Å². The standard InChI is InChI=1S/C44H43ClN8O8/c1-25(54)46-28-10-11-32-33(14-28)38(61-24-26-8-6-5-7-9-26)18-34-41(32)27(19-45)20-53(34)40(56)13-12-39(55)47-29-15-35(50(2)21-29)42(57)48-30-16-36(51(3)22-30)43(58)49-31-17-37(44(59)60)52(4)23-31/h5-11,14-18,21-23,27H,12-13,19-20,24H2,1-4H3,(H,46,54)(H,47,55)(H,48,57)(H,49,58)(H,59,60). The van der Waals surface area contributed by atoms with E-state index in [1.54, 1.807) is 44.5 Å². The molecule has 16 nitrogen and oxygen atoms in total. The van der Waals surface area contributed by atoms with Crippen LogP contribution < -0.4 is 30.9 Å². The number of nitrogens with zero attached hydrogens (tertiary/aromatic N) is 4. The number of rotatable bonds is 14. The first-order chi connectivity index (χ1) is 29.2. The zero-order valence-electron chi connectivity index (χ0n) is 33.7. The van der Waals surface area contributed by atoms with Crippen LogP contribution in [0.2, 0.25) is 0 Å². The van der Waals surface area contributed by atoms with Crippen LogP contribution in [-0.4, -0.2) is 66.7 Å². The van der Waals surface area contributed by atoms with Crippen molar-refractivity contribution in [2.45, 2.75) is 32.3 Å². The first-order valence-corrected chi connectivity index (χ1v) is 19.8. The van der Waals surface area contributed by atoms with Gasteiger partial charge in [-0.25, -0.2) is 4.79 Å². The third-order valence-electron chi connectivity index (χ3n) is 10.3. The molecular weight excluding hydrogens is 804 g/mol. The molecule has 5 N–H and O–H groups in total. The predicted octanol–water partition coefficient (Wildman–Crippen LogP) is 6.68. The lowest BCUT2D eigenvalue weighted by Gasteiger charge is -2.20. The number of halogens is 1. The number of alkyl halides is 1. The number of ether oxygens (including phenoxy) is 1. The number of amides is 5. The molecule has 1 aliphatic heterocycles. The number of nitrogens with one attached hydrogen (secondary N) is 4. The van der Waals surface area contributed by atoms with Crippen molar-refractivity contribution in [2.75, 3.05) is 38.6 Å². The summed E-state index contributed by atoms with van der Waals surface area (Å²) in [7, 11) is 4.83. The van der Waals surface area contributed by atoms with Crippen molar-refractivity contribution in [3.8, 4) is 5.75 Å². The molecule has 7 rings (SSSR count). The fourth-order valence-corrected chi connectivity index (χ4v) is 7.74. The number of carbonyl (C=O) groups excluding carboxylic acids is 5. The normalized spacial score (nSPS) is 13.1. The SMILES string of the molecule is CC(=O)Nc1ccc2c3c(cc(OCc4ccccc4)c2c1)N(C(=O)CCC(=O)Nc1cc(C(=O)Nc2cc(C(=O)Nc4cc(C(=O)O)n(C)c4)n(C)c2)n(C)c1)CC3CCl. The van der Waals surface area contributed by atoms with E-state index < -0.39 is 23.7 Å². The van der Waals surface area contributed by atoms with Crippen molar-refractivity contribution < 1.29 is 38.6 Å². The molecular formula is C44H43ClN8O8. The highest BCUT2D eigenvalue weighted by Crippen LogP contribution is 2.46. The molecule has 0 bridgehead atoms. The van der Waals surface area contributed by atoms with Crippen LogP contribution in [-0.2, 0) is 42.1 Å². The van der Waals surface area contributed by atoms with E-state index in [9.17, 15) is 33.9 Å².